The standard InChI is InChI=1S/C21H27N5O2/c1-5-20(27)23-17-8-7-14(2)19(13-17)24-21(28)10-9-18-15(3)25-26(16(18)4)12-6-11-22/h7-8,13H,5-6,9-10,12H2,1-4H3,(H,23,27)(H,24,28). The van der Waals surface area contributed by atoms with Gasteiger partial charge >= 0.3 is 0 Å². The van der Waals surface area contributed by atoms with Crippen LogP contribution in [0, 0.1) is 32.1 Å². The van der Waals surface area contributed by atoms with Crippen LogP contribution in [0.4, 0.5) is 11.4 Å². The summed E-state index contributed by atoms with van der Waals surface area (Å²) in [6.07, 6.45) is 1.72. The van der Waals surface area contributed by atoms with Crippen LogP contribution < -0.4 is 10.6 Å². The molecule has 0 radical (unpaired) electrons. The number of rotatable bonds is 8. The summed E-state index contributed by atoms with van der Waals surface area (Å²) in [4.78, 5) is 24.0. The third-order valence-electron chi connectivity index (χ3n) is 4.69. The summed E-state index contributed by atoms with van der Waals surface area (Å²) in [7, 11) is 0. The van der Waals surface area contributed by atoms with Crippen LogP contribution in [0.5, 0.6) is 0 Å². The van der Waals surface area contributed by atoms with Crippen molar-refractivity contribution in [2.24, 2.45) is 0 Å². The van der Waals surface area contributed by atoms with Crippen molar-refractivity contribution < 1.29 is 9.59 Å². The molecule has 0 bridgehead atoms. The van der Waals surface area contributed by atoms with E-state index in [2.05, 4.69) is 21.8 Å². The molecule has 0 aliphatic carbocycles. The Balaban J connectivity index is 2.01. The number of nitrogens with zero attached hydrogens (tertiary/aromatic N) is 3. The van der Waals surface area contributed by atoms with Gasteiger partial charge in [-0.25, -0.2) is 0 Å². The molecule has 0 atom stereocenters. The molecule has 2 rings (SSSR count). The fourth-order valence-electron chi connectivity index (χ4n) is 3.00. The van der Waals surface area contributed by atoms with Gasteiger partial charge in [-0.3, -0.25) is 14.3 Å². The Bertz CT molecular complexity index is 908. The minimum absolute atomic E-state index is 0.0690. The molecule has 1 aromatic carbocycles. The van der Waals surface area contributed by atoms with Gasteiger partial charge in [0, 0.05) is 29.9 Å². The van der Waals surface area contributed by atoms with Crippen LogP contribution in [-0.4, -0.2) is 21.6 Å². The van der Waals surface area contributed by atoms with Crippen LogP contribution in [0.25, 0.3) is 0 Å². The first-order valence-corrected chi connectivity index (χ1v) is 9.45. The van der Waals surface area contributed by atoms with E-state index >= 15 is 0 Å². The highest BCUT2D eigenvalue weighted by molar-refractivity contribution is 5.94. The first-order chi connectivity index (χ1) is 13.3. The molecule has 2 aromatic rings. The second-order valence-electron chi connectivity index (χ2n) is 6.76. The number of carbonyl (C=O) groups excluding carboxylic acids is 2. The van der Waals surface area contributed by atoms with Gasteiger partial charge < -0.3 is 10.6 Å². The average molecular weight is 381 g/mol. The van der Waals surface area contributed by atoms with E-state index in [1.807, 2.05) is 37.6 Å². The van der Waals surface area contributed by atoms with Gasteiger partial charge in [0.2, 0.25) is 11.8 Å². The fourth-order valence-corrected chi connectivity index (χ4v) is 3.00. The van der Waals surface area contributed by atoms with E-state index in [0.29, 0.717) is 43.6 Å². The van der Waals surface area contributed by atoms with Gasteiger partial charge in [-0.15, -0.1) is 0 Å². The topological polar surface area (TPSA) is 99.8 Å². The van der Waals surface area contributed by atoms with E-state index in [4.69, 9.17) is 5.26 Å². The average Bonchev–Trinajstić information content (AvgIpc) is 2.94. The maximum absolute atomic E-state index is 12.5. The molecule has 0 spiro atoms. The van der Waals surface area contributed by atoms with Crippen LogP contribution in [-0.2, 0) is 22.6 Å². The predicted octanol–water partition coefficient (Wildman–Crippen LogP) is 3.64. The number of hydrogen-bond acceptors (Lipinski definition) is 4. The fraction of sp³-hybridized carbons (Fsp3) is 0.429. The molecule has 2 N–H and O–H groups in total. The number of nitriles is 1. The normalized spacial score (nSPS) is 10.4. The van der Waals surface area contributed by atoms with E-state index in [0.717, 1.165) is 22.5 Å². The molecular formula is C21H27N5O2. The molecule has 1 aromatic heterocycles. The van der Waals surface area contributed by atoms with Crippen molar-refractivity contribution in [3.63, 3.8) is 0 Å². The Morgan fingerprint density at radius 3 is 2.61 bits per heavy atom. The van der Waals surface area contributed by atoms with Crippen molar-refractivity contribution >= 4 is 23.2 Å². The van der Waals surface area contributed by atoms with Crippen LogP contribution in [0.1, 0.15) is 48.7 Å². The Morgan fingerprint density at radius 2 is 1.93 bits per heavy atom. The summed E-state index contributed by atoms with van der Waals surface area (Å²) < 4.78 is 1.83. The third kappa shape index (κ3) is 5.43. The van der Waals surface area contributed by atoms with Gasteiger partial charge in [0.05, 0.1) is 24.7 Å². The summed E-state index contributed by atoms with van der Waals surface area (Å²) in [5.41, 5.74) is 5.23. The van der Waals surface area contributed by atoms with Gasteiger partial charge in [0.15, 0.2) is 0 Å². The second kappa shape index (κ2) is 9.70. The lowest BCUT2D eigenvalue weighted by atomic mass is 10.1. The van der Waals surface area contributed by atoms with E-state index in [9.17, 15) is 9.59 Å². The Labute approximate surface area is 165 Å². The highest BCUT2D eigenvalue weighted by atomic mass is 16.2. The Kier molecular flexibility index (Phi) is 7.33. The molecule has 7 heteroatoms. The summed E-state index contributed by atoms with van der Waals surface area (Å²) in [5.74, 6) is -0.161. The second-order valence-corrected chi connectivity index (χ2v) is 6.76. The molecule has 0 saturated heterocycles. The number of anilines is 2. The third-order valence-corrected chi connectivity index (χ3v) is 4.69. The first-order valence-electron chi connectivity index (χ1n) is 9.45. The molecule has 2 amide bonds. The van der Waals surface area contributed by atoms with Crippen LogP contribution in [0.2, 0.25) is 0 Å². The summed E-state index contributed by atoms with van der Waals surface area (Å²) in [6.45, 7) is 8.15. The highest BCUT2D eigenvalue weighted by Gasteiger charge is 2.14. The number of nitrogens with one attached hydrogen (secondary N) is 2. The number of aryl methyl sites for hydroxylation is 3. The zero-order chi connectivity index (χ0) is 20.7. The Hall–Kier alpha value is -3.14. The molecule has 7 nitrogen and oxygen atoms in total. The van der Waals surface area contributed by atoms with Crippen molar-refractivity contribution in [3.05, 3.63) is 40.7 Å². The molecule has 1 heterocycles. The van der Waals surface area contributed by atoms with Gasteiger partial charge in [-0.05, 0) is 50.5 Å². The van der Waals surface area contributed by atoms with Gasteiger partial charge in [0.1, 0.15) is 0 Å². The smallest absolute Gasteiger partial charge is 0.224 e. The molecular weight excluding hydrogens is 354 g/mol. The minimum Gasteiger partial charge on any atom is -0.326 e. The van der Waals surface area contributed by atoms with Crippen LogP contribution in [0.3, 0.4) is 0 Å². The van der Waals surface area contributed by atoms with Crippen LogP contribution >= 0.6 is 0 Å². The maximum Gasteiger partial charge on any atom is 0.224 e. The van der Waals surface area contributed by atoms with E-state index in [1.54, 1.807) is 13.0 Å². The number of benzene rings is 1. The van der Waals surface area contributed by atoms with Gasteiger partial charge in [-0.2, -0.15) is 10.4 Å². The summed E-state index contributed by atoms with van der Waals surface area (Å²) in [6, 6.07) is 7.59. The van der Waals surface area contributed by atoms with Crippen molar-refractivity contribution in [1.29, 1.82) is 5.26 Å². The van der Waals surface area contributed by atoms with E-state index in [-0.39, 0.29) is 11.8 Å². The summed E-state index contributed by atoms with van der Waals surface area (Å²) in [5, 5.41) is 18.9. The largest absolute Gasteiger partial charge is 0.326 e. The van der Waals surface area contributed by atoms with Crippen molar-refractivity contribution in [3.8, 4) is 6.07 Å². The molecule has 0 aliphatic rings. The Morgan fingerprint density at radius 1 is 1.18 bits per heavy atom. The quantitative estimate of drug-likeness (QED) is 0.729. The van der Waals surface area contributed by atoms with E-state index in [1.165, 1.54) is 0 Å². The van der Waals surface area contributed by atoms with Crippen molar-refractivity contribution in [2.45, 2.75) is 59.9 Å². The monoisotopic (exact) mass is 381 g/mol. The zero-order valence-electron chi connectivity index (χ0n) is 16.9. The molecule has 0 unspecified atom stereocenters. The molecule has 0 aliphatic heterocycles. The van der Waals surface area contributed by atoms with Crippen molar-refractivity contribution in [2.75, 3.05) is 10.6 Å². The zero-order valence-corrected chi connectivity index (χ0v) is 16.9. The molecule has 0 saturated carbocycles. The maximum atomic E-state index is 12.5. The predicted molar refractivity (Wildman–Crippen MR) is 109 cm³/mol. The van der Waals surface area contributed by atoms with Crippen molar-refractivity contribution in [1.82, 2.24) is 9.78 Å². The number of amides is 2. The molecule has 0 fully saturated rings. The van der Waals surface area contributed by atoms with E-state index < -0.39 is 0 Å². The lowest BCUT2D eigenvalue weighted by Crippen LogP contribution is -2.15. The number of carbonyl (C=O) groups is 2. The number of hydrogen-bond donors (Lipinski definition) is 2. The minimum atomic E-state index is -0.0920. The van der Waals surface area contributed by atoms with Gasteiger partial charge in [-0.1, -0.05) is 13.0 Å². The summed E-state index contributed by atoms with van der Waals surface area (Å²) >= 11 is 0. The number of aromatic nitrogens is 2. The molecule has 148 valence electrons. The molecule has 28 heavy (non-hydrogen) atoms. The first kappa shape index (κ1) is 21.2. The lowest BCUT2D eigenvalue weighted by Gasteiger charge is -2.11. The highest BCUT2D eigenvalue weighted by Crippen LogP contribution is 2.21. The van der Waals surface area contributed by atoms with Crippen LogP contribution in [0.15, 0.2) is 18.2 Å². The SMILES string of the molecule is CCC(=O)Nc1ccc(C)c(NC(=O)CCc2c(C)nn(CCC#N)c2C)c1. The van der Waals surface area contributed by atoms with Gasteiger partial charge in [0.25, 0.3) is 0 Å². The lowest BCUT2D eigenvalue weighted by molar-refractivity contribution is -0.116.